The molecule has 2 atom stereocenters. The van der Waals surface area contributed by atoms with Crippen molar-refractivity contribution in [1.82, 2.24) is 20.4 Å². The fraction of sp³-hybridized carbons (Fsp3) is 0.308. The number of hydrogen-bond donors (Lipinski definition) is 2. The van der Waals surface area contributed by atoms with E-state index in [4.69, 9.17) is 11.6 Å². The number of carbonyl (C=O) groups is 1. The molecule has 2 aromatic carbocycles. The zero-order valence-electron chi connectivity index (χ0n) is 19.6. The second-order valence-corrected chi connectivity index (χ2v) is 9.36. The fourth-order valence-corrected chi connectivity index (χ4v) is 4.73. The van der Waals surface area contributed by atoms with Crippen LogP contribution in [0.3, 0.4) is 0 Å². The molecule has 1 amide bonds. The van der Waals surface area contributed by atoms with Crippen molar-refractivity contribution in [2.24, 2.45) is 13.0 Å². The van der Waals surface area contributed by atoms with Crippen LogP contribution < -0.4 is 10.6 Å². The van der Waals surface area contributed by atoms with E-state index in [2.05, 4.69) is 22.7 Å². The van der Waals surface area contributed by atoms with Crippen LogP contribution >= 0.6 is 11.6 Å². The summed E-state index contributed by atoms with van der Waals surface area (Å²) in [6.07, 6.45) is -0.174. The summed E-state index contributed by atoms with van der Waals surface area (Å²) in [7, 11) is 1.83. The quantitative estimate of drug-likeness (QED) is 0.441. The van der Waals surface area contributed by atoms with E-state index >= 15 is 0 Å². The highest BCUT2D eigenvalue weighted by molar-refractivity contribution is 6.34. The van der Waals surface area contributed by atoms with Gasteiger partial charge in [-0.05, 0) is 48.6 Å². The number of allylic oxidation sites excluding steroid dienone is 1. The van der Waals surface area contributed by atoms with Crippen LogP contribution in [0, 0.1) is 5.92 Å². The Labute approximate surface area is 207 Å². The molecule has 0 saturated carbocycles. The lowest BCUT2D eigenvalue weighted by Gasteiger charge is -2.31. The second-order valence-electron chi connectivity index (χ2n) is 8.98. The zero-order chi connectivity index (χ0) is 25.3. The van der Waals surface area contributed by atoms with Gasteiger partial charge in [0.2, 0.25) is 0 Å². The fourth-order valence-electron chi connectivity index (χ4n) is 4.41. The maximum Gasteiger partial charge on any atom is 0.417 e. The summed E-state index contributed by atoms with van der Waals surface area (Å²) >= 11 is 6.04. The molecule has 1 aliphatic heterocycles. The number of benzene rings is 2. The van der Waals surface area contributed by atoms with Crippen molar-refractivity contribution >= 4 is 17.5 Å². The second kappa shape index (κ2) is 9.77. The number of hydrogen-bond acceptors (Lipinski definition) is 3. The highest BCUT2D eigenvalue weighted by Crippen LogP contribution is 2.37. The summed E-state index contributed by atoms with van der Waals surface area (Å²) in [6.45, 7) is 4.86. The number of nitrogens with one attached hydrogen (secondary N) is 2. The molecule has 4 rings (SSSR count). The first-order valence-corrected chi connectivity index (χ1v) is 11.6. The minimum absolute atomic E-state index is 0.225. The Hall–Kier alpha value is -3.26. The Balaban J connectivity index is 1.75. The molecule has 0 bridgehead atoms. The van der Waals surface area contributed by atoms with Crippen LogP contribution in [-0.2, 0) is 13.2 Å². The first-order valence-electron chi connectivity index (χ1n) is 11.2. The number of rotatable bonds is 5. The molecule has 5 nitrogen and oxygen atoms in total. The van der Waals surface area contributed by atoms with Crippen LogP contribution in [0.15, 0.2) is 66.1 Å². The van der Waals surface area contributed by atoms with Crippen molar-refractivity contribution in [1.29, 1.82) is 0 Å². The summed E-state index contributed by atoms with van der Waals surface area (Å²) in [5.74, 6) is -0.256. The Kier molecular flexibility index (Phi) is 6.94. The highest BCUT2D eigenvalue weighted by Gasteiger charge is 2.35. The van der Waals surface area contributed by atoms with Gasteiger partial charge in [0.05, 0.1) is 28.4 Å². The molecule has 9 heteroatoms. The van der Waals surface area contributed by atoms with Crippen molar-refractivity contribution in [3.05, 3.63) is 87.8 Å². The van der Waals surface area contributed by atoms with Crippen molar-refractivity contribution in [2.45, 2.75) is 32.5 Å². The van der Waals surface area contributed by atoms with Crippen LogP contribution in [0.2, 0.25) is 5.02 Å². The molecule has 0 radical (unpaired) electrons. The van der Waals surface area contributed by atoms with E-state index in [9.17, 15) is 18.0 Å². The predicted octanol–water partition coefficient (Wildman–Crippen LogP) is 6.13. The van der Waals surface area contributed by atoms with E-state index < -0.39 is 28.7 Å². The van der Waals surface area contributed by atoms with Gasteiger partial charge in [-0.15, -0.1) is 0 Å². The molecule has 0 spiro atoms. The monoisotopic (exact) mass is 502 g/mol. The van der Waals surface area contributed by atoms with Gasteiger partial charge in [-0.1, -0.05) is 48.4 Å². The minimum atomic E-state index is -4.66. The average molecular weight is 503 g/mol. The first-order chi connectivity index (χ1) is 16.5. The van der Waals surface area contributed by atoms with E-state index in [-0.39, 0.29) is 5.56 Å². The van der Waals surface area contributed by atoms with Gasteiger partial charge in [-0.3, -0.25) is 9.48 Å². The molecule has 0 saturated heterocycles. The maximum atomic E-state index is 13.4. The number of carbonyl (C=O) groups excluding carboxylic acids is 1. The number of amides is 1. The van der Waals surface area contributed by atoms with Gasteiger partial charge in [-0.25, -0.2) is 0 Å². The number of aryl methyl sites for hydroxylation is 1. The van der Waals surface area contributed by atoms with E-state index in [1.165, 1.54) is 12.1 Å². The molecular weight excluding hydrogens is 477 g/mol. The van der Waals surface area contributed by atoms with Gasteiger partial charge in [0.1, 0.15) is 0 Å². The molecule has 3 aromatic rings. The summed E-state index contributed by atoms with van der Waals surface area (Å²) < 4.78 is 41.8. The molecule has 2 N–H and O–H groups in total. The lowest BCUT2D eigenvalue weighted by Crippen LogP contribution is -2.38. The van der Waals surface area contributed by atoms with Crippen LogP contribution in [0.1, 0.15) is 47.8 Å². The Bertz CT molecular complexity index is 1280. The summed E-state index contributed by atoms with van der Waals surface area (Å²) in [6, 6.07) is 10.4. The van der Waals surface area contributed by atoms with Crippen LogP contribution in [0.25, 0.3) is 11.1 Å². The molecule has 1 aliphatic rings. The van der Waals surface area contributed by atoms with Crippen molar-refractivity contribution < 1.29 is 18.0 Å². The SMILES string of the molecule is CC1=C(C(NC(=O)c2cccc(C(F)(F)F)c2Cl)c2cccc(-c3cnn(C)c3)c2)NCC(C)C1. The smallest absolute Gasteiger partial charge is 0.386 e. The van der Waals surface area contributed by atoms with Crippen LogP contribution in [0.5, 0.6) is 0 Å². The van der Waals surface area contributed by atoms with E-state index in [1.807, 2.05) is 44.4 Å². The third-order valence-electron chi connectivity index (χ3n) is 6.13. The van der Waals surface area contributed by atoms with Gasteiger partial charge in [0.15, 0.2) is 0 Å². The number of alkyl halides is 3. The van der Waals surface area contributed by atoms with Gasteiger partial charge in [0, 0.05) is 31.0 Å². The Morgan fingerprint density at radius 1 is 1.23 bits per heavy atom. The van der Waals surface area contributed by atoms with E-state index in [1.54, 1.807) is 10.9 Å². The highest BCUT2D eigenvalue weighted by atomic mass is 35.5. The van der Waals surface area contributed by atoms with Crippen molar-refractivity contribution in [3.8, 4) is 11.1 Å². The largest absolute Gasteiger partial charge is 0.417 e. The number of nitrogens with zero attached hydrogens (tertiary/aromatic N) is 2. The summed E-state index contributed by atoms with van der Waals surface area (Å²) in [4.78, 5) is 13.3. The van der Waals surface area contributed by atoms with Gasteiger partial charge in [0.25, 0.3) is 5.91 Å². The molecule has 184 valence electrons. The minimum Gasteiger partial charge on any atom is -0.386 e. The van der Waals surface area contributed by atoms with Gasteiger partial charge < -0.3 is 10.6 Å². The molecule has 2 unspecified atom stereocenters. The number of aromatic nitrogens is 2. The topological polar surface area (TPSA) is 59.0 Å². The van der Waals surface area contributed by atoms with E-state index in [0.29, 0.717) is 5.92 Å². The molecule has 0 aliphatic carbocycles. The Morgan fingerprint density at radius 2 is 1.97 bits per heavy atom. The molecule has 1 aromatic heterocycles. The summed E-state index contributed by atoms with van der Waals surface area (Å²) in [5.41, 5.74) is 3.27. The molecule has 2 heterocycles. The van der Waals surface area contributed by atoms with Crippen molar-refractivity contribution in [2.75, 3.05) is 6.54 Å². The molecule has 35 heavy (non-hydrogen) atoms. The standard InChI is InChI=1S/C26H26ClF3N4O/c1-15-10-16(2)23(31-12-15)24(18-7-4-6-17(11-18)19-13-32-34(3)14-19)33-25(35)20-8-5-9-21(22(20)27)26(28,29)30/h4-9,11,13-15,24,31H,10,12H2,1-3H3,(H,33,35). The van der Waals surface area contributed by atoms with Crippen LogP contribution in [-0.4, -0.2) is 22.2 Å². The zero-order valence-corrected chi connectivity index (χ0v) is 20.3. The average Bonchev–Trinajstić information content (AvgIpc) is 3.23. The summed E-state index contributed by atoms with van der Waals surface area (Å²) in [5, 5.41) is 9.97. The van der Waals surface area contributed by atoms with Gasteiger partial charge >= 0.3 is 6.18 Å². The third-order valence-corrected chi connectivity index (χ3v) is 6.53. The number of halogens is 4. The van der Waals surface area contributed by atoms with Gasteiger partial charge in [-0.2, -0.15) is 18.3 Å². The maximum absolute atomic E-state index is 13.4. The molecular formula is C26H26ClF3N4O. The lowest BCUT2D eigenvalue weighted by molar-refractivity contribution is -0.137. The lowest BCUT2D eigenvalue weighted by atomic mass is 9.90. The molecule has 0 fully saturated rings. The van der Waals surface area contributed by atoms with E-state index in [0.717, 1.165) is 47.0 Å². The normalized spacial score (nSPS) is 17.2. The van der Waals surface area contributed by atoms with Crippen molar-refractivity contribution in [3.63, 3.8) is 0 Å². The third kappa shape index (κ3) is 5.37. The first kappa shape index (κ1) is 24.9. The van der Waals surface area contributed by atoms with Crippen LogP contribution in [0.4, 0.5) is 13.2 Å². The predicted molar refractivity (Wildman–Crippen MR) is 130 cm³/mol. The Morgan fingerprint density at radius 3 is 2.63 bits per heavy atom.